The maximum atomic E-state index is 11.9. The average Bonchev–Trinajstić information content (AvgIpc) is 2.88. The molecule has 1 aliphatic rings. The summed E-state index contributed by atoms with van der Waals surface area (Å²) in [6.07, 6.45) is 0.587. The van der Waals surface area contributed by atoms with Crippen LogP contribution in [0.5, 0.6) is 0 Å². The molecule has 1 saturated heterocycles. The van der Waals surface area contributed by atoms with E-state index in [4.69, 9.17) is 9.47 Å². The van der Waals surface area contributed by atoms with Crippen LogP contribution in [0.3, 0.4) is 0 Å². The van der Waals surface area contributed by atoms with E-state index in [1.54, 1.807) is 14.2 Å². The number of likely N-dealkylation sites (tertiary alicyclic amines) is 1. The number of amides is 1. The van der Waals surface area contributed by atoms with Gasteiger partial charge in [0.25, 0.3) is 0 Å². The van der Waals surface area contributed by atoms with E-state index in [-0.39, 0.29) is 47.6 Å². The molecule has 1 aliphatic heterocycles. The third kappa shape index (κ3) is 8.75. The molecule has 1 heterocycles. The van der Waals surface area contributed by atoms with Crippen molar-refractivity contribution in [3.8, 4) is 0 Å². The summed E-state index contributed by atoms with van der Waals surface area (Å²) < 4.78 is 10.9. The Morgan fingerprint density at radius 1 is 1.27 bits per heavy atom. The van der Waals surface area contributed by atoms with Crippen LogP contribution in [-0.2, 0) is 9.47 Å². The lowest BCUT2D eigenvalue weighted by Gasteiger charge is -2.31. The minimum Gasteiger partial charge on any atom is -0.444 e. The first kappa shape index (κ1) is 25.2. The van der Waals surface area contributed by atoms with E-state index < -0.39 is 5.60 Å². The van der Waals surface area contributed by atoms with Gasteiger partial charge in [-0.2, -0.15) is 0 Å². The highest BCUT2D eigenvalue weighted by Gasteiger charge is 2.29. The zero-order valence-electron chi connectivity index (χ0n) is 17.5. The summed E-state index contributed by atoms with van der Waals surface area (Å²) in [7, 11) is 3.51. The van der Waals surface area contributed by atoms with Crippen LogP contribution >= 0.6 is 24.0 Å². The fourth-order valence-corrected chi connectivity index (χ4v) is 2.80. The number of nitrogens with one attached hydrogen (secondary N) is 2. The molecule has 8 heteroatoms. The molecule has 1 amide bonds. The van der Waals surface area contributed by atoms with Crippen molar-refractivity contribution in [2.45, 2.75) is 65.7 Å². The molecule has 0 saturated carbocycles. The fraction of sp³-hybridized carbons (Fsp3) is 0.889. The molecule has 2 N–H and O–H groups in total. The Kier molecular flexibility index (Phi) is 10.2. The Bertz CT molecular complexity index is 472. The SMILES string of the molecule is CN=C(NCC(OC)C(C)(C)C)N1CCC(NC(=O)OC(C)(C)C)C1.I. The summed E-state index contributed by atoms with van der Waals surface area (Å²) in [6.45, 7) is 14.3. The maximum absolute atomic E-state index is 11.9. The van der Waals surface area contributed by atoms with Gasteiger partial charge in [-0.25, -0.2) is 4.79 Å². The largest absolute Gasteiger partial charge is 0.444 e. The average molecular weight is 484 g/mol. The summed E-state index contributed by atoms with van der Waals surface area (Å²) in [5, 5.41) is 6.32. The quantitative estimate of drug-likeness (QED) is 0.365. The lowest BCUT2D eigenvalue weighted by atomic mass is 9.89. The Morgan fingerprint density at radius 3 is 2.35 bits per heavy atom. The van der Waals surface area contributed by atoms with Crippen molar-refractivity contribution in [3.05, 3.63) is 0 Å². The van der Waals surface area contributed by atoms with Gasteiger partial charge < -0.3 is 25.0 Å². The Morgan fingerprint density at radius 2 is 1.88 bits per heavy atom. The molecule has 1 fully saturated rings. The van der Waals surface area contributed by atoms with Crippen molar-refractivity contribution < 1.29 is 14.3 Å². The second-order valence-electron chi connectivity index (χ2n) is 8.60. The molecule has 0 bridgehead atoms. The van der Waals surface area contributed by atoms with E-state index in [9.17, 15) is 4.79 Å². The minimum absolute atomic E-state index is 0. The van der Waals surface area contributed by atoms with Crippen molar-refractivity contribution in [1.82, 2.24) is 15.5 Å². The van der Waals surface area contributed by atoms with Crippen LogP contribution in [0.25, 0.3) is 0 Å². The van der Waals surface area contributed by atoms with Crippen LogP contribution in [0.2, 0.25) is 0 Å². The number of carbonyl (C=O) groups is 1. The summed E-state index contributed by atoms with van der Waals surface area (Å²) in [5.41, 5.74) is -0.436. The van der Waals surface area contributed by atoms with Crippen molar-refractivity contribution in [2.75, 3.05) is 33.8 Å². The minimum atomic E-state index is -0.484. The number of hydrogen-bond donors (Lipinski definition) is 2. The van der Waals surface area contributed by atoms with Gasteiger partial charge in [0, 0.05) is 33.8 Å². The van der Waals surface area contributed by atoms with E-state index in [2.05, 4.69) is 41.3 Å². The van der Waals surface area contributed by atoms with Crippen LogP contribution in [-0.4, -0.2) is 68.5 Å². The van der Waals surface area contributed by atoms with Crippen molar-refractivity contribution in [3.63, 3.8) is 0 Å². The number of rotatable bonds is 4. The second kappa shape index (κ2) is 10.5. The predicted octanol–water partition coefficient (Wildman–Crippen LogP) is 2.84. The molecule has 7 nitrogen and oxygen atoms in total. The number of alkyl carbamates (subject to hydrolysis) is 1. The van der Waals surface area contributed by atoms with Crippen molar-refractivity contribution in [1.29, 1.82) is 0 Å². The molecule has 0 aromatic carbocycles. The van der Waals surface area contributed by atoms with Crippen LogP contribution in [0.15, 0.2) is 4.99 Å². The summed E-state index contributed by atoms with van der Waals surface area (Å²) in [6, 6.07) is 0.0641. The van der Waals surface area contributed by atoms with E-state index in [1.807, 2.05) is 20.8 Å². The highest BCUT2D eigenvalue weighted by atomic mass is 127. The normalized spacial score (nSPS) is 19.6. The molecule has 26 heavy (non-hydrogen) atoms. The zero-order valence-corrected chi connectivity index (χ0v) is 19.8. The Labute approximate surface area is 175 Å². The number of carbonyl (C=O) groups excluding carboxylic acids is 1. The highest BCUT2D eigenvalue weighted by molar-refractivity contribution is 14.0. The van der Waals surface area contributed by atoms with Crippen LogP contribution in [0.4, 0.5) is 4.79 Å². The van der Waals surface area contributed by atoms with E-state index in [1.165, 1.54) is 0 Å². The smallest absolute Gasteiger partial charge is 0.407 e. The molecular formula is C18H37IN4O3. The van der Waals surface area contributed by atoms with E-state index in [0.29, 0.717) is 13.1 Å². The van der Waals surface area contributed by atoms with Gasteiger partial charge in [-0.05, 0) is 32.6 Å². The standard InChI is InChI=1S/C18H36N4O3.HI/c1-17(2,3)14(24-8)11-20-15(19-7)22-10-9-13(12-22)21-16(23)25-18(4,5)6;/h13-14H,9-12H2,1-8H3,(H,19,20)(H,21,23);1H. The van der Waals surface area contributed by atoms with Gasteiger partial charge in [-0.15, -0.1) is 24.0 Å². The van der Waals surface area contributed by atoms with Gasteiger partial charge in [0.05, 0.1) is 12.1 Å². The molecule has 0 aromatic rings. The third-order valence-corrected chi connectivity index (χ3v) is 4.12. The molecule has 2 unspecified atom stereocenters. The first-order chi connectivity index (χ1) is 11.5. The summed E-state index contributed by atoms with van der Waals surface area (Å²) in [5.74, 6) is 0.833. The van der Waals surface area contributed by atoms with Gasteiger partial charge in [0.15, 0.2) is 5.96 Å². The molecule has 0 spiro atoms. The monoisotopic (exact) mass is 484 g/mol. The zero-order chi connectivity index (χ0) is 19.3. The van der Waals surface area contributed by atoms with Crippen molar-refractivity contribution >= 4 is 36.0 Å². The van der Waals surface area contributed by atoms with Crippen LogP contribution in [0, 0.1) is 5.41 Å². The lowest BCUT2D eigenvalue weighted by molar-refractivity contribution is 0.0202. The number of methoxy groups -OCH3 is 1. The first-order valence-electron chi connectivity index (χ1n) is 8.94. The number of hydrogen-bond acceptors (Lipinski definition) is 4. The Balaban J connectivity index is 0.00000625. The number of nitrogens with zero attached hydrogens (tertiary/aromatic N) is 2. The third-order valence-electron chi connectivity index (χ3n) is 4.12. The lowest BCUT2D eigenvalue weighted by Crippen LogP contribution is -2.47. The molecule has 0 aromatic heterocycles. The highest BCUT2D eigenvalue weighted by Crippen LogP contribution is 2.21. The number of halogens is 1. The molecule has 0 radical (unpaired) electrons. The number of guanidine groups is 1. The number of ether oxygens (including phenoxy) is 2. The van der Waals surface area contributed by atoms with Crippen molar-refractivity contribution in [2.24, 2.45) is 10.4 Å². The van der Waals surface area contributed by atoms with E-state index in [0.717, 1.165) is 18.9 Å². The van der Waals surface area contributed by atoms with Gasteiger partial charge >= 0.3 is 6.09 Å². The maximum Gasteiger partial charge on any atom is 0.407 e. The predicted molar refractivity (Wildman–Crippen MR) is 116 cm³/mol. The second-order valence-corrected chi connectivity index (χ2v) is 8.60. The van der Waals surface area contributed by atoms with Gasteiger partial charge in [-0.3, -0.25) is 4.99 Å². The Hall–Kier alpha value is -0.770. The first-order valence-corrected chi connectivity index (χ1v) is 8.94. The van der Waals surface area contributed by atoms with Gasteiger partial charge in [0.2, 0.25) is 0 Å². The molecule has 154 valence electrons. The van der Waals surface area contributed by atoms with Crippen LogP contribution < -0.4 is 10.6 Å². The summed E-state index contributed by atoms with van der Waals surface area (Å²) in [4.78, 5) is 18.4. The van der Waals surface area contributed by atoms with E-state index >= 15 is 0 Å². The number of aliphatic imine (C=N–C) groups is 1. The molecule has 0 aliphatic carbocycles. The topological polar surface area (TPSA) is 75.2 Å². The van der Waals surface area contributed by atoms with Gasteiger partial charge in [-0.1, -0.05) is 20.8 Å². The van der Waals surface area contributed by atoms with Crippen LogP contribution in [0.1, 0.15) is 48.0 Å². The van der Waals surface area contributed by atoms with Gasteiger partial charge in [0.1, 0.15) is 5.60 Å². The molecule has 2 atom stereocenters. The fourth-order valence-electron chi connectivity index (χ4n) is 2.80. The molecule has 1 rings (SSSR count). The summed E-state index contributed by atoms with van der Waals surface area (Å²) >= 11 is 0. The molecular weight excluding hydrogens is 447 g/mol.